The second kappa shape index (κ2) is 5.58. The third-order valence-corrected chi connectivity index (χ3v) is 2.45. The minimum atomic E-state index is -0.858. The number of aryl methyl sites for hydroxylation is 1. The number of aliphatic carboxylic acids is 1. The highest BCUT2D eigenvalue weighted by molar-refractivity contribution is 5.75. The Morgan fingerprint density at radius 3 is 2.69 bits per heavy atom. The first-order valence-electron chi connectivity index (χ1n) is 5.60. The Kier molecular flexibility index (Phi) is 4.40. The molecule has 0 fully saturated rings. The molecule has 0 aliphatic rings. The van der Waals surface area contributed by atoms with E-state index < -0.39 is 11.9 Å². The lowest BCUT2D eigenvalue weighted by molar-refractivity contribution is -0.140. The topological polar surface area (TPSA) is 63.1 Å². The molecule has 0 spiro atoms. The van der Waals surface area contributed by atoms with E-state index >= 15 is 0 Å². The Bertz CT molecular complexity index is 364. The number of rotatable bonds is 5. The van der Waals surface area contributed by atoms with Crippen molar-refractivity contribution in [1.29, 1.82) is 0 Å². The molecular formula is C12H18N2O2. The summed E-state index contributed by atoms with van der Waals surface area (Å²) in [5.74, 6) is -1.05. The molecule has 0 saturated carbocycles. The summed E-state index contributed by atoms with van der Waals surface area (Å²) in [7, 11) is 0. The fraction of sp³-hybridized carbons (Fsp3) is 0.583. The van der Waals surface area contributed by atoms with E-state index in [1.165, 1.54) is 0 Å². The van der Waals surface area contributed by atoms with Crippen molar-refractivity contribution >= 4 is 5.97 Å². The standard InChI is InChI=1S/C12H18N2O2/c1-4-5-9-6-7-13-11(14-9)10(8(2)3)12(15)16/h6-8,10H,4-5H2,1-3H3,(H,15,16). The average molecular weight is 222 g/mol. The molecule has 1 aromatic heterocycles. The molecule has 1 aromatic rings. The van der Waals surface area contributed by atoms with Crippen molar-refractivity contribution in [3.05, 3.63) is 23.8 Å². The van der Waals surface area contributed by atoms with Crippen LogP contribution in [0.15, 0.2) is 12.3 Å². The largest absolute Gasteiger partial charge is 0.481 e. The van der Waals surface area contributed by atoms with Gasteiger partial charge in [-0.15, -0.1) is 0 Å². The van der Waals surface area contributed by atoms with Crippen LogP contribution in [0.4, 0.5) is 0 Å². The van der Waals surface area contributed by atoms with E-state index in [1.54, 1.807) is 6.20 Å². The van der Waals surface area contributed by atoms with Crippen molar-refractivity contribution in [2.75, 3.05) is 0 Å². The Hall–Kier alpha value is -1.45. The van der Waals surface area contributed by atoms with Crippen molar-refractivity contribution in [3.8, 4) is 0 Å². The van der Waals surface area contributed by atoms with Crippen molar-refractivity contribution in [3.63, 3.8) is 0 Å². The molecule has 1 atom stereocenters. The molecule has 1 rings (SSSR count). The van der Waals surface area contributed by atoms with Crippen molar-refractivity contribution in [2.24, 2.45) is 5.92 Å². The normalized spacial score (nSPS) is 12.8. The Morgan fingerprint density at radius 1 is 1.50 bits per heavy atom. The molecule has 1 unspecified atom stereocenters. The van der Waals surface area contributed by atoms with Gasteiger partial charge < -0.3 is 5.11 Å². The number of aromatic nitrogens is 2. The van der Waals surface area contributed by atoms with Crippen LogP contribution < -0.4 is 0 Å². The van der Waals surface area contributed by atoms with Gasteiger partial charge in [0, 0.05) is 11.9 Å². The van der Waals surface area contributed by atoms with Gasteiger partial charge in [-0.3, -0.25) is 4.79 Å². The minimum Gasteiger partial charge on any atom is -0.481 e. The molecule has 0 amide bonds. The van der Waals surface area contributed by atoms with E-state index in [-0.39, 0.29) is 5.92 Å². The minimum absolute atomic E-state index is 0.00521. The molecule has 1 N–H and O–H groups in total. The Morgan fingerprint density at radius 2 is 2.19 bits per heavy atom. The van der Waals surface area contributed by atoms with Crippen LogP contribution in [0.25, 0.3) is 0 Å². The van der Waals surface area contributed by atoms with Gasteiger partial charge in [0.2, 0.25) is 0 Å². The predicted octanol–water partition coefficient (Wildman–Crippen LogP) is 2.25. The molecule has 88 valence electrons. The van der Waals surface area contributed by atoms with E-state index in [2.05, 4.69) is 16.9 Å². The highest BCUT2D eigenvalue weighted by Gasteiger charge is 2.26. The number of carboxylic acids is 1. The lowest BCUT2D eigenvalue weighted by Crippen LogP contribution is -2.20. The van der Waals surface area contributed by atoms with Gasteiger partial charge in [-0.05, 0) is 18.4 Å². The van der Waals surface area contributed by atoms with Crippen LogP contribution in [0.5, 0.6) is 0 Å². The van der Waals surface area contributed by atoms with Crippen LogP contribution >= 0.6 is 0 Å². The van der Waals surface area contributed by atoms with Gasteiger partial charge in [-0.25, -0.2) is 9.97 Å². The second-order valence-corrected chi connectivity index (χ2v) is 4.22. The summed E-state index contributed by atoms with van der Waals surface area (Å²) in [6, 6.07) is 1.84. The van der Waals surface area contributed by atoms with Crippen LogP contribution in [0, 0.1) is 5.92 Å². The number of carboxylic acid groups (broad SMARTS) is 1. The highest BCUT2D eigenvalue weighted by atomic mass is 16.4. The molecule has 4 heteroatoms. The molecular weight excluding hydrogens is 204 g/mol. The fourth-order valence-electron chi connectivity index (χ4n) is 1.65. The van der Waals surface area contributed by atoms with Gasteiger partial charge in [-0.1, -0.05) is 27.2 Å². The number of hydrogen-bond acceptors (Lipinski definition) is 3. The van der Waals surface area contributed by atoms with E-state index in [9.17, 15) is 4.79 Å². The molecule has 0 aromatic carbocycles. The van der Waals surface area contributed by atoms with Crippen molar-refractivity contribution in [1.82, 2.24) is 9.97 Å². The Labute approximate surface area is 95.7 Å². The maximum Gasteiger partial charge on any atom is 0.314 e. The van der Waals surface area contributed by atoms with E-state index in [0.29, 0.717) is 5.82 Å². The zero-order valence-electron chi connectivity index (χ0n) is 9.97. The van der Waals surface area contributed by atoms with Crippen molar-refractivity contribution < 1.29 is 9.90 Å². The first-order chi connectivity index (χ1) is 7.56. The van der Waals surface area contributed by atoms with Crippen LogP contribution in [-0.2, 0) is 11.2 Å². The summed E-state index contributed by atoms with van der Waals surface area (Å²) in [4.78, 5) is 19.5. The monoisotopic (exact) mass is 222 g/mol. The van der Waals surface area contributed by atoms with Crippen LogP contribution in [0.3, 0.4) is 0 Å². The number of nitrogens with zero attached hydrogens (tertiary/aromatic N) is 2. The maximum atomic E-state index is 11.1. The third-order valence-electron chi connectivity index (χ3n) is 2.45. The summed E-state index contributed by atoms with van der Waals surface area (Å²) in [5, 5.41) is 9.14. The lowest BCUT2D eigenvalue weighted by atomic mass is 9.95. The van der Waals surface area contributed by atoms with Gasteiger partial charge in [0.05, 0.1) is 0 Å². The van der Waals surface area contributed by atoms with E-state index in [0.717, 1.165) is 18.5 Å². The molecule has 16 heavy (non-hydrogen) atoms. The molecule has 0 saturated heterocycles. The smallest absolute Gasteiger partial charge is 0.314 e. The summed E-state index contributed by atoms with van der Waals surface area (Å²) in [6.07, 6.45) is 3.50. The highest BCUT2D eigenvalue weighted by Crippen LogP contribution is 2.21. The SMILES string of the molecule is CCCc1ccnc(C(C(=O)O)C(C)C)n1. The maximum absolute atomic E-state index is 11.1. The first kappa shape index (κ1) is 12.6. The van der Waals surface area contributed by atoms with Gasteiger partial charge in [-0.2, -0.15) is 0 Å². The average Bonchev–Trinajstić information content (AvgIpc) is 2.17. The van der Waals surface area contributed by atoms with Crippen LogP contribution in [-0.4, -0.2) is 21.0 Å². The van der Waals surface area contributed by atoms with Crippen molar-refractivity contribution in [2.45, 2.75) is 39.5 Å². The second-order valence-electron chi connectivity index (χ2n) is 4.22. The van der Waals surface area contributed by atoms with Gasteiger partial charge in [0.1, 0.15) is 11.7 Å². The summed E-state index contributed by atoms with van der Waals surface area (Å²) in [5.41, 5.74) is 0.916. The Balaban J connectivity index is 3.00. The lowest BCUT2D eigenvalue weighted by Gasteiger charge is -2.14. The van der Waals surface area contributed by atoms with Crippen LogP contribution in [0.2, 0.25) is 0 Å². The quantitative estimate of drug-likeness (QED) is 0.830. The predicted molar refractivity (Wildman–Crippen MR) is 61.2 cm³/mol. The third kappa shape index (κ3) is 3.02. The summed E-state index contributed by atoms with van der Waals surface area (Å²) in [6.45, 7) is 5.81. The molecule has 0 bridgehead atoms. The van der Waals surface area contributed by atoms with E-state index in [4.69, 9.17) is 5.11 Å². The summed E-state index contributed by atoms with van der Waals surface area (Å²) >= 11 is 0. The van der Waals surface area contributed by atoms with Gasteiger partial charge in [0.25, 0.3) is 0 Å². The molecule has 0 radical (unpaired) electrons. The molecule has 4 nitrogen and oxygen atoms in total. The molecule has 1 heterocycles. The first-order valence-corrected chi connectivity index (χ1v) is 5.60. The molecule has 0 aliphatic carbocycles. The number of hydrogen-bond donors (Lipinski definition) is 1. The fourth-order valence-corrected chi connectivity index (χ4v) is 1.65. The van der Waals surface area contributed by atoms with Crippen LogP contribution in [0.1, 0.15) is 44.6 Å². The zero-order valence-corrected chi connectivity index (χ0v) is 9.97. The van der Waals surface area contributed by atoms with Gasteiger partial charge >= 0.3 is 5.97 Å². The van der Waals surface area contributed by atoms with Gasteiger partial charge in [0.15, 0.2) is 0 Å². The molecule has 0 aliphatic heterocycles. The number of carbonyl (C=O) groups is 1. The summed E-state index contributed by atoms with van der Waals surface area (Å²) < 4.78 is 0. The van der Waals surface area contributed by atoms with E-state index in [1.807, 2.05) is 19.9 Å². The zero-order chi connectivity index (χ0) is 12.1.